The lowest BCUT2D eigenvalue weighted by molar-refractivity contribution is 0.0934. The van der Waals surface area contributed by atoms with Crippen LogP contribution in [0.1, 0.15) is 34.8 Å². The summed E-state index contributed by atoms with van der Waals surface area (Å²) in [5, 5.41) is 10.8. The van der Waals surface area contributed by atoms with Crippen LogP contribution in [-0.4, -0.2) is 57.3 Å². The first-order valence-corrected chi connectivity index (χ1v) is 10.0. The summed E-state index contributed by atoms with van der Waals surface area (Å²) in [4.78, 5) is 24.1. The minimum atomic E-state index is -0.402. The van der Waals surface area contributed by atoms with Crippen LogP contribution in [-0.2, 0) is 4.74 Å². The van der Waals surface area contributed by atoms with Gasteiger partial charge in [-0.15, -0.1) is 0 Å². The summed E-state index contributed by atoms with van der Waals surface area (Å²) in [6, 6.07) is 3.09. The molecule has 10 heteroatoms. The highest BCUT2D eigenvalue weighted by molar-refractivity contribution is 6.00. The summed E-state index contributed by atoms with van der Waals surface area (Å²) in [6.07, 6.45) is 6.26. The molecule has 6 rings (SSSR count). The van der Waals surface area contributed by atoms with E-state index in [1.165, 1.54) is 12.3 Å². The zero-order valence-electron chi connectivity index (χ0n) is 16.1. The number of amides is 1. The quantitative estimate of drug-likeness (QED) is 0.581. The first-order chi connectivity index (χ1) is 14.6. The number of nitrogens with one attached hydrogen (secondary N) is 2. The van der Waals surface area contributed by atoms with Crippen molar-refractivity contribution >= 4 is 23.2 Å². The molecular formula is C20H20FN7O2. The monoisotopic (exact) mass is 409 g/mol. The molecule has 0 radical (unpaired) electrons. The summed E-state index contributed by atoms with van der Waals surface area (Å²) in [5.41, 5.74) is 1.30. The second-order valence-corrected chi connectivity index (χ2v) is 8.08. The average Bonchev–Trinajstić information content (AvgIpc) is 3.38. The van der Waals surface area contributed by atoms with Crippen molar-refractivity contribution < 1.29 is 13.9 Å². The van der Waals surface area contributed by atoms with Crippen LogP contribution in [0.25, 0.3) is 5.65 Å². The summed E-state index contributed by atoms with van der Waals surface area (Å²) >= 11 is 0. The van der Waals surface area contributed by atoms with Gasteiger partial charge < -0.3 is 20.3 Å². The van der Waals surface area contributed by atoms with E-state index in [0.717, 1.165) is 12.8 Å². The van der Waals surface area contributed by atoms with Gasteiger partial charge in [-0.3, -0.25) is 4.79 Å². The number of pyridine rings is 1. The third-order valence-electron chi connectivity index (χ3n) is 6.09. The maximum absolute atomic E-state index is 14.2. The molecule has 3 aromatic heterocycles. The predicted octanol–water partition coefficient (Wildman–Crippen LogP) is 1.53. The van der Waals surface area contributed by atoms with Crippen LogP contribution in [0.2, 0.25) is 0 Å². The highest BCUT2D eigenvalue weighted by atomic mass is 19.1. The van der Waals surface area contributed by atoms with Crippen molar-refractivity contribution in [1.82, 2.24) is 24.9 Å². The van der Waals surface area contributed by atoms with Crippen LogP contribution < -0.4 is 15.5 Å². The molecule has 2 bridgehead atoms. The van der Waals surface area contributed by atoms with Crippen LogP contribution in [0, 0.1) is 5.82 Å². The molecule has 3 aromatic rings. The van der Waals surface area contributed by atoms with E-state index in [9.17, 15) is 9.18 Å². The lowest BCUT2D eigenvalue weighted by Crippen LogP contribution is -2.42. The van der Waals surface area contributed by atoms with Gasteiger partial charge in [-0.1, -0.05) is 0 Å². The van der Waals surface area contributed by atoms with Gasteiger partial charge in [-0.2, -0.15) is 5.10 Å². The third-order valence-corrected chi connectivity index (χ3v) is 6.09. The fraction of sp³-hybridized carbons (Fsp3) is 0.400. The Labute approximate surface area is 171 Å². The summed E-state index contributed by atoms with van der Waals surface area (Å²) in [7, 11) is 0. The Morgan fingerprint density at radius 2 is 2.20 bits per heavy atom. The van der Waals surface area contributed by atoms with Gasteiger partial charge in [0, 0.05) is 24.8 Å². The zero-order chi connectivity index (χ0) is 20.3. The maximum atomic E-state index is 14.2. The highest BCUT2D eigenvalue weighted by Gasteiger charge is 2.45. The van der Waals surface area contributed by atoms with Crippen LogP contribution in [0.3, 0.4) is 0 Å². The number of aromatic nitrogens is 4. The fourth-order valence-corrected chi connectivity index (χ4v) is 4.23. The molecule has 5 heterocycles. The van der Waals surface area contributed by atoms with Crippen molar-refractivity contribution in [3.63, 3.8) is 0 Å². The number of halogens is 1. The SMILES string of the molecule is O=C1NC2(CC2)CNc2ncc(F)cc2C2COCCN2c2ccn3ncc1c3n2. The molecule has 1 amide bonds. The smallest absolute Gasteiger partial charge is 0.257 e. The van der Waals surface area contributed by atoms with Crippen molar-refractivity contribution in [2.24, 2.45) is 0 Å². The fourth-order valence-electron chi connectivity index (χ4n) is 4.23. The molecule has 1 aliphatic carbocycles. The van der Waals surface area contributed by atoms with Crippen LogP contribution in [0.15, 0.2) is 30.7 Å². The second kappa shape index (κ2) is 6.36. The Morgan fingerprint density at radius 1 is 1.30 bits per heavy atom. The van der Waals surface area contributed by atoms with Gasteiger partial charge in [-0.05, 0) is 25.0 Å². The Bertz CT molecular complexity index is 1160. The van der Waals surface area contributed by atoms with E-state index >= 15 is 0 Å². The number of nitrogens with zero attached hydrogens (tertiary/aromatic N) is 5. The van der Waals surface area contributed by atoms with Crippen molar-refractivity contribution in [2.75, 3.05) is 36.5 Å². The van der Waals surface area contributed by atoms with Gasteiger partial charge in [0.1, 0.15) is 23.0 Å². The van der Waals surface area contributed by atoms with Crippen molar-refractivity contribution in [2.45, 2.75) is 24.4 Å². The number of hydrogen-bond donors (Lipinski definition) is 2. The molecule has 1 saturated heterocycles. The van der Waals surface area contributed by atoms with Crippen molar-refractivity contribution in [3.8, 4) is 0 Å². The van der Waals surface area contributed by atoms with E-state index in [0.29, 0.717) is 54.7 Å². The van der Waals surface area contributed by atoms with E-state index in [-0.39, 0.29) is 17.5 Å². The zero-order valence-corrected chi connectivity index (χ0v) is 16.1. The summed E-state index contributed by atoms with van der Waals surface area (Å²) in [6.45, 7) is 2.02. The molecule has 9 nitrogen and oxygen atoms in total. The molecular weight excluding hydrogens is 389 g/mol. The van der Waals surface area contributed by atoms with Crippen LogP contribution in [0.5, 0.6) is 0 Å². The van der Waals surface area contributed by atoms with Gasteiger partial charge in [0.25, 0.3) is 5.91 Å². The average molecular weight is 409 g/mol. The minimum Gasteiger partial charge on any atom is -0.377 e. The minimum absolute atomic E-state index is 0.195. The number of rotatable bonds is 0. The van der Waals surface area contributed by atoms with E-state index in [1.807, 2.05) is 6.07 Å². The Morgan fingerprint density at radius 3 is 3.07 bits per heavy atom. The Kier molecular flexibility index (Phi) is 3.73. The van der Waals surface area contributed by atoms with Crippen LogP contribution >= 0.6 is 0 Å². The lowest BCUT2D eigenvalue weighted by atomic mass is 10.0. The number of carbonyl (C=O) groups excluding carboxylic acids is 1. The second-order valence-electron chi connectivity index (χ2n) is 8.08. The van der Waals surface area contributed by atoms with Gasteiger partial charge in [0.05, 0.1) is 37.2 Å². The number of hydrogen-bond acceptors (Lipinski definition) is 7. The molecule has 0 aromatic carbocycles. The van der Waals surface area contributed by atoms with Gasteiger partial charge in [0.2, 0.25) is 0 Å². The largest absolute Gasteiger partial charge is 0.377 e. The Balaban J connectivity index is 1.54. The van der Waals surface area contributed by atoms with E-state index in [4.69, 9.17) is 9.72 Å². The normalized spacial score (nSPS) is 22.4. The van der Waals surface area contributed by atoms with Crippen LogP contribution in [0.4, 0.5) is 16.0 Å². The van der Waals surface area contributed by atoms with Gasteiger partial charge in [0.15, 0.2) is 5.65 Å². The molecule has 1 saturated carbocycles. The molecule has 1 atom stereocenters. The topological polar surface area (TPSA) is 96.7 Å². The highest BCUT2D eigenvalue weighted by Crippen LogP contribution is 2.38. The molecule has 1 spiro atoms. The van der Waals surface area contributed by atoms with Gasteiger partial charge in [-0.25, -0.2) is 18.9 Å². The first kappa shape index (κ1) is 17.6. The maximum Gasteiger partial charge on any atom is 0.257 e. The third kappa shape index (κ3) is 2.78. The van der Waals surface area contributed by atoms with Crippen molar-refractivity contribution in [3.05, 3.63) is 47.7 Å². The predicted molar refractivity (Wildman–Crippen MR) is 106 cm³/mol. The number of ether oxygens (including phenoxy) is 1. The number of anilines is 2. The lowest BCUT2D eigenvalue weighted by Gasteiger charge is -2.37. The number of morpholine rings is 1. The van der Waals surface area contributed by atoms with Gasteiger partial charge >= 0.3 is 0 Å². The Hall–Kier alpha value is -3.27. The molecule has 2 aliphatic heterocycles. The number of fused-ring (bicyclic) bond motifs is 5. The summed E-state index contributed by atoms with van der Waals surface area (Å²) in [5.74, 6) is 0.682. The van der Waals surface area contributed by atoms with Crippen molar-refractivity contribution in [1.29, 1.82) is 0 Å². The first-order valence-electron chi connectivity index (χ1n) is 10.0. The van der Waals surface area contributed by atoms with E-state index < -0.39 is 5.82 Å². The molecule has 154 valence electrons. The molecule has 1 unspecified atom stereocenters. The van der Waals surface area contributed by atoms with E-state index in [1.54, 1.807) is 16.9 Å². The molecule has 30 heavy (non-hydrogen) atoms. The molecule has 2 fully saturated rings. The van der Waals surface area contributed by atoms with E-state index in [2.05, 4.69) is 25.6 Å². The summed E-state index contributed by atoms with van der Waals surface area (Å²) < 4.78 is 21.5. The standard InChI is InChI=1S/C20H20FN7O2/c21-12-7-13-15-10-30-6-5-27(15)16-1-4-28-18(25-16)14(9-24-28)19(29)26-20(2-3-20)11-23-17(13)22-8-12/h1,4,7-9,15H,2-3,5-6,10-11H2,(H,22,23)(H,26,29). The molecule has 2 N–H and O–H groups in total. The number of carbonyl (C=O) groups is 1. The molecule has 3 aliphatic rings.